The van der Waals surface area contributed by atoms with Gasteiger partial charge in [0.15, 0.2) is 0 Å². The predicted octanol–water partition coefficient (Wildman–Crippen LogP) is 1.19. The molecule has 1 unspecified atom stereocenters. The zero-order valence-electron chi connectivity index (χ0n) is 11.9. The summed E-state index contributed by atoms with van der Waals surface area (Å²) >= 11 is 0. The molecule has 0 radical (unpaired) electrons. The van der Waals surface area contributed by atoms with Crippen molar-refractivity contribution in [2.45, 2.75) is 18.9 Å². The minimum atomic E-state index is -0.0771. The van der Waals surface area contributed by atoms with Crippen LogP contribution in [0, 0.1) is 0 Å². The van der Waals surface area contributed by atoms with Crippen LogP contribution in [0.25, 0.3) is 0 Å². The summed E-state index contributed by atoms with van der Waals surface area (Å²) in [7, 11) is 1.62. The molecule has 1 heterocycles. The number of methoxy groups -OCH3 is 1. The van der Waals surface area contributed by atoms with Gasteiger partial charge in [-0.3, -0.25) is 4.79 Å². The Kier molecular flexibility index (Phi) is 5.83. The van der Waals surface area contributed by atoms with Crippen molar-refractivity contribution in [3.05, 3.63) is 29.8 Å². The van der Waals surface area contributed by atoms with Crippen LogP contribution in [-0.2, 0) is 4.74 Å². The van der Waals surface area contributed by atoms with E-state index in [2.05, 4.69) is 10.6 Å². The predicted molar refractivity (Wildman–Crippen MR) is 77.2 cm³/mol. The average molecular weight is 278 g/mol. The molecule has 0 aliphatic carbocycles. The highest BCUT2D eigenvalue weighted by Crippen LogP contribution is 2.18. The van der Waals surface area contributed by atoms with Crippen LogP contribution >= 0.6 is 0 Å². The third-order valence-corrected chi connectivity index (χ3v) is 3.31. The van der Waals surface area contributed by atoms with E-state index in [1.165, 1.54) is 0 Å². The zero-order valence-corrected chi connectivity index (χ0v) is 11.9. The van der Waals surface area contributed by atoms with E-state index in [-0.39, 0.29) is 11.9 Å². The van der Waals surface area contributed by atoms with E-state index in [1.54, 1.807) is 13.2 Å². The van der Waals surface area contributed by atoms with Crippen molar-refractivity contribution < 1.29 is 14.3 Å². The first-order valence-electron chi connectivity index (χ1n) is 7.03. The van der Waals surface area contributed by atoms with Gasteiger partial charge in [0.2, 0.25) is 0 Å². The Balaban J connectivity index is 1.97. The number of amides is 1. The Morgan fingerprint density at radius 1 is 1.40 bits per heavy atom. The van der Waals surface area contributed by atoms with Gasteiger partial charge < -0.3 is 20.1 Å². The number of para-hydroxylation sites is 1. The summed E-state index contributed by atoms with van der Waals surface area (Å²) in [5.74, 6) is 0.525. The number of hydrogen-bond acceptors (Lipinski definition) is 4. The topological polar surface area (TPSA) is 59.6 Å². The standard InChI is InChI=1S/C15H22N2O3/c1-19-9-10-20-14-7-3-2-6-13(14)15(18)17-12-5-4-8-16-11-12/h2-3,6-7,12,16H,4-5,8-11H2,1H3,(H,17,18). The molecule has 0 bridgehead atoms. The van der Waals surface area contributed by atoms with Gasteiger partial charge in [-0.25, -0.2) is 0 Å². The normalized spacial score (nSPS) is 18.6. The molecule has 1 amide bonds. The molecule has 1 atom stereocenters. The summed E-state index contributed by atoms with van der Waals surface area (Å²) in [6.07, 6.45) is 2.11. The lowest BCUT2D eigenvalue weighted by Crippen LogP contribution is -2.45. The molecule has 1 fully saturated rings. The summed E-state index contributed by atoms with van der Waals surface area (Å²) in [6.45, 7) is 2.80. The molecular formula is C15H22N2O3. The molecule has 20 heavy (non-hydrogen) atoms. The Morgan fingerprint density at radius 2 is 2.25 bits per heavy atom. The second-order valence-electron chi connectivity index (χ2n) is 4.85. The monoisotopic (exact) mass is 278 g/mol. The summed E-state index contributed by atoms with van der Waals surface area (Å²) in [5.41, 5.74) is 0.578. The van der Waals surface area contributed by atoms with Crippen LogP contribution in [0.2, 0.25) is 0 Å². The highest BCUT2D eigenvalue weighted by molar-refractivity contribution is 5.97. The maximum Gasteiger partial charge on any atom is 0.255 e. The van der Waals surface area contributed by atoms with Crippen LogP contribution in [0.5, 0.6) is 5.75 Å². The van der Waals surface area contributed by atoms with E-state index in [4.69, 9.17) is 9.47 Å². The number of piperidine rings is 1. The quantitative estimate of drug-likeness (QED) is 0.768. The molecule has 0 spiro atoms. The average Bonchev–Trinajstić information content (AvgIpc) is 2.49. The molecule has 1 aromatic carbocycles. The third kappa shape index (κ3) is 4.21. The fraction of sp³-hybridized carbons (Fsp3) is 0.533. The molecular weight excluding hydrogens is 256 g/mol. The Bertz CT molecular complexity index is 431. The SMILES string of the molecule is COCCOc1ccccc1C(=O)NC1CCCNC1. The van der Waals surface area contributed by atoms with E-state index in [1.807, 2.05) is 18.2 Å². The Hall–Kier alpha value is -1.59. The van der Waals surface area contributed by atoms with Gasteiger partial charge in [-0.2, -0.15) is 0 Å². The summed E-state index contributed by atoms with van der Waals surface area (Å²) in [4.78, 5) is 12.3. The number of ether oxygens (including phenoxy) is 2. The van der Waals surface area contributed by atoms with Crippen LogP contribution in [-0.4, -0.2) is 45.4 Å². The number of nitrogens with one attached hydrogen (secondary N) is 2. The van der Waals surface area contributed by atoms with E-state index in [9.17, 15) is 4.79 Å². The molecule has 2 N–H and O–H groups in total. The summed E-state index contributed by atoms with van der Waals surface area (Å²) < 4.78 is 10.5. The number of rotatable bonds is 6. The molecule has 0 aromatic heterocycles. The van der Waals surface area contributed by atoms with Crippen LogP contribution in [0.15, 0.2) is 24.3 Å². The van der Waals surface area contributed by atoms with Crippen molar-refractivity contribution in [3.63, 3.8) is 0 Å². The molecule has 0 saturated carbocycles. The molecule has 1 aliphatic heterocycles. The first-order valence-corrected chi connectivity index (χ1v) is 7.03. The fourth-order valence-corrected chi connectivity index (χ4v) is 2.25. The van der Waals surface area contributed by atoms with Crippen LogP contribution in [0.1, 0.15) is 23.2 Å². The fourth-order valence-electron chi connectivity index (χ4n) is 2.25. The maximum atomic E-state index is 12.3. The maximum absolute atomic E-state index is 12.3. The largest absolute Gasteiger partial charge is 0.490 e. The van der Waals surface area contributed by atoms with E-state index in [0.717, 1.165) is 25.9 Å². The van der Waals surface area contributed by atoms with Gasteiger partial charge in [-0.1, -0.05) is 12.1 Å². The molecule has 1 saturated heterocycles. The highest BCUT2D eigenvalue weighted by Gasteiger charge is 2.18. The van der Waals surface area contributed by atoms with E-state index < -0.39 is 0 Å². The van der Waals surface area contributed by atoms with Crippen molar-refractivity contribution >= 4 is 5.91 Å². The second kappa shape index (κ2) is 7.87. The van der Waals surface area contributed by atoms with Gasteiger partial charge in [0, 0.05) is 19.7 Å². The van der Waals surface area contributed by atoms with Gasteiger partial charge in [0.25, 0.3) is 5.91 Å². The minimum absolute atomic E-state index is 0.0771. The van der Waals surface area contributed by atoms with Crippen LogP contribution in [0.3, 0.4) is 0 Å². The zero-order chi connectivity index (χ0) is 14.2. The molecule has 1 aliphatic rings. The van der Waals surface area contributed by atoms with Gasteiger partial charge in [-0.05, 0) is 31.5 Å². The van der Waals surface area contributed by atoms with Crippen molar-refractivity contribution in [2.24, 2.45) is 0 Å². The van der Waals surface area contributed by atoms with Crippen molar-refractivity contribution in [2.75, 3.05) is 33.4 Å². The molecule has 1 aromatic rings. The van der Waals surface area contributed by atoms with Crippen LogP contribution in [0.4, 0.5) is 0 Å². The summed E-state index contributed by atoms with van der Waals surface area (Å²) in [5, 5.41) is 6.34. The Labute approximate surface area is 119 Å². The van der Waals surface area contributed by atoms with Gasteiger partial charge in [0.05, 0.1) is 12.2 Å². The molecule has 110 valence electrons. The van der Waals surface area contributed by atoms with Gasteiger partial charge in [0.1, 0.15) is 12.4 Å². The van der Waals surface area contributed by atoms with Crippen molar-refractivity contribution in [3.8, 4) is 5.75 Å². The van der Waals surface area contributed by atoms with E-state index >= 15 is 0 Å². The number of benzene rings is 1. The lowest BCUT2D eigenvalue weighted by Gasteiger charge is -2.24. The third-order valence-electron chi connectivity index (χ3n) is 3.31. The van der Waals surface area contributed by atoms with Gasteiger partial charge >= 0.3 is 0 Å². The number of carbonyl (C=O) groups excluding carboxylic acids is 1. The summed E-state index contributed by atoms with van der Waals surface area (Å²) in [6, 6.07) is 7.50. The molecule has 5 heteroatoms. The first-order chi connectivity index (χ1) is 9.81. The van der Waals surface area contributed by atoms with Crippen LogP contribution < -0.4 is 15.4 Å². The number of hydrogen-bond donors (Lipinski definition) is 2. The lowest BCUT2D eigenvalue weighted by atomic mass is 10.1. The smallest absolute Gasteiger partial charge is 0.255 e. The minimum Gasteiger partial charge on any atom is -0.490 e. The second-order valence-corrected chi connectivity index (χ2v) is 4.85. The molecule has 5 nitrogen and oxygen atoms in total. The van der Waals surface area contributed by atoms with Gasteiger partial charge in [-0.15, -0.1) is 0 Å². The lowest BCUT2D eigenvalue weighted by molar-refractivity contribution is 0.0923. The number of carbonyl (C=O) groups is 1. The van der Waals surface area contributed by atoms with E-state index in [0.29, 0.717) is 24.5 Å². The molecule has 2 rings (SSSR count). The van der Waals surface area contributed by atoms with Crippen molar-refractivity contribution in [1.29, 1.82) is 0 Å². The highest BCUT2D eigenvalue weighted by atomic mass is 16.5. The van der Waals surface area contributed by atoms with Crippen molar-refractivity contribution in [1.82, 2.24) is 10.6 Å². The Morgan fingerprint density at radius 3 is 3.00 bits per heavy atom. The first kappa shape index (κ1) is 14.8.